The molecule has 0 aromatic carbocycles. The second-order valence-corrected chi connectivity index (χ2v) is 14.0. The van der Waals surface area contributed by atoms with Gasteiger partial charge >= 0.3 is 0 Å². The first kappa shape index (κ1) is 22.7. The van der Waals surface area contributed by atoms with Crippen LogP contribution in [0.15, 0.2) is 24.5 Å². The van der Waals surface area contributed by atoms with Gasteiger partial charge in [0.15, 0.2) is 11.4 Å². The highest BCUT2D eigenvalue weighted by atomic mass is 16.8. The summed E-state index contributed by atoms with van der Waals surface area (Å²) in [5, 5.41) is 23.8. The van der Waals surface area contributed by atoms with Crippen LogP contribution in [0.25, 0.3) is 0 Å². The van der Waals surface area contributed by atoms with Crippen molar-refractivity contribution in [1.82, 2.24) is 0 Å². The average Bonchev–Trinajstić information content (AvgIpc) is 3.46. The largest absolute Gasteiger partial charge is 0.491 e. The minimum atomic E-state index is -1.43. The molecule has 13 atom stereocenters. The van der Waals surface area contributed by atoms with Crippen LogP contribution in [0.4, 0.5) is 0 Å². The van der Waals surface area contributed by atoms with E-state index >= 15 is 0 Å². The van der Waals surface area contributed by atoms with Crippen molar-refractivity contribution in [2.45, 2.75) is 119 Å². The van der Waals surface area contributed by atoms with Crippen molar-refractivity contribution in [3.8, 4) is 0 Å². The van der Waals surface area contributed by atoms with Crippen LogP contribution in [0.1, 0.15) is 72.6 Å². The fourth-order valence-electron chi connectivity index (χ4n) is 10.4. The standard InChI is InChI=1S/C29H38O7/c1-15-8-9-17-20-21(22-28(35-22)10-6-7-18(30)25(17,28)5)34-29(12-11-26(15,20)36-29)27(32)14-23(3)16(2)33-19(27)13-24(23,4)31/h6-7,15,17,19-22,31-32H,2,8-14H2,1,3-5H3/t15-,17?,19?,20?,21?,22-,23?,24-,25+,26+,27+,28-,29-/m1/s1. The summed E-state index contributed by atoms with van der Waals surface area (Å²) in [5.41, 5.74) is -4.90. The molecule has 5 aliphatic heterocycles. The zero-order valence-corrected chi connectivity index (χ0v) is 21.7. The number of carbonyl (C=O) groups is 1. The van der Waals surface area contributed by atoms with Crippen LogP contribution in [0.5, 0.6) is 0 Å². The molecule has 5 saturated heterocycles. The van der Waals surface area contributed by atoms with Gasteiger partial charge in [0, 0.05) is 25.2 Å². The molecule has 7 nitrogen and oxygen atoms in total. The van der Waals surface area contributed by atoms with Crippen molar-refractivity contribution in [3.05, 3.63) is 24.5 Å². The maximum Gasteiger partial charge on any atom is 0.202 e. The summed E-state index contributed by atoms with van der Waals surface area (Å²) in [7, 11) is 0. The summed E-state index contributed by atoms with van der Waals surface area (Å²) >= 11 is 0. The molecule has 0 radical (unpaired) electrons. The van der Waals surface area contributed by atoms with Crippen LogP contribution < -0.4 is 0 Å². The van der Waals surface area contributed by atoms with Gasteiger partial charge in [0.1, 0.15) is 17.8 Å². The zero-order valence-electron chi connectivity index (χ0n) is 21.7. The van der Waals surface area contributed by atoms with Crippen LogP contribution in [0, 0.1) is 28.6 Å². The predicted octanol–water partition coefficient (Wildman–Crippen LogP) is 3.17. The normalized spacial score (nSPS) is 65.9. The van der Waals surface area contributed by atoms with Gasteiger partial charge in [0.2, 0.25) is 5.79 Å². The van der Waals surface area contributed by atoms with Gasteiger partial charge in [-0.3, -0.25) is 4.79 Å². The van der Waals surface area contributed by atoms with Crippen LogP contribution in [-0.4, -0.2) is 62.5 Å². The number of epoxide rings is 1. The van der Waals surface area contributed by atoms with E-state index < -0.39 is 45.1 Å². The van der Waals surface area contributed by atoms with E-state index in [2.05, 4.69) is 20.4 Å². The summed E-state index contributed by atoms with van der Waals surface area (Å²) in [6, 6.07) is 0. The van der Waals surface area contributed by atoms with E-state index in [1.807, 2.05) is 19.9 Å². The molecule has 5 unspecified atom stereocenters. The molecule has 0 aromatic heterocycles. The smallest absolute Gasteiger partial charge is 0.202 e. The Balaban J connectivity index is 1.26. The minimum absolute atomic E-state index is 0.0388. The quantitative estimate of drug-likeness (QED) is 0.536. The molecule has 2 spiro atoms. The Hall–Kier alpha value is -1.25. The Morgan fingerprint density at radius 2 is 1.89 bits per heavy atom. The Kier molecular flexibility index (Phi) is 3.78. The molecule has 0 amide bonds. The second-order valence-electron chi connectivity index (χ2n) is 14.0. The molecular weight excluding hydrogens is 460 g/mol. The molecule has 9 rings (SSSR count). The number of ether oxygens (including phenoxy) is 4. The fraction of sp³-hybridized carbons (Fsp3) is 0.828. The first-order valence-electron chi connectivity index (χ1n) is 13.9. The number of hydrogen-bond acceptors (Lipinski definition) is 7. The summed E-state index contributed by atoms with van der Waals surface area (Å²) in [6.45, 7) is 12.2. The minimum Gasteiger partial charge on any atom is -0.491 e. The SMILES string of the molecule is C=C1OC2C[C@@](C)(O)C1(C)C[C@@]2(O)[C@@]12CC[C@@]3(O1)C1C(O2)[C@H]2O[C@]24CC=CC(=O)[C@]4(C)C1CC[C@H]3C. The van der Waals surface area contributed by atoms with E-state index in [1.54, 1.807) is 6.08 Å². The lowest BCUT2D eigenvalue weighted by atomic mass is 9.45. The number of aliphatic hydroxyl groups is 2. The molecule has 196 valence electrons. The molecule has 5 heterocycles. The second kappa shape index (κ2) is 5.99. The maximum atomic E-state index is 13.5. The Morgan fingerprint density at radius 1 is 1.11 bits per heavy atom. The highest BCUT2D eigenvalue weighted by Crippen LogP contribution is 2.76. The zero-order chi connectivity index (χ0) is 25.3. The van der Waals surface area contributed by atoms with Crippen molar-refractivity contribution in [1.29, 1.82) is 0 Å². The van der Waals surface area contributed by atoms with E-state index in [0.29, 0.717) is 12.2 Å². The van der Waals surface area contributed by atoms with E-state index in [1.165, 1.54) is 0 Å². The lowest BCUT2D eigenvalue weighted by Gasteiger charge is -2.68. The molecular formula is C29H38O7. The van der Waals surface area contributed by atoms with Gasteiger partial charge in [-0.25, -0.2) is 0 Å². The highest BCUT2D eigenvalue weighted by molar-refractivity contribution is 5.98. The molecule has 8 fully saturated rings. The van der Waals surface area contributed by atoms with Crippen LogP contribution in [0.2, 0.25) is 0 Å². The first-order chi connectivity index (χ1) is 16.8. The van der Waals surface area contributed by atoms with E-state index in [4.69, 9.17) is 18.9 Å². The van der Waals surface area contributed by atoms with E-state index in [0.717, 1.165) is 25.7 Å². The van der Waals surface area contributed by atoms with Crippen molar-refractivity contribution < 1.29 is 34.0 Å². The third kappa shape index (κ3) is 2.02. The Labute approximate surface area is 212 Å². The fourth-order valence-corrected chi connectivity index (χ4v) is 10.4. The Morgan fingerprint density at radius 3 is 2.64 bits per heavy atom. The third-order valence-electron chi connectivity index (χ3n) is 13.0. The molecule has 4 bridgehead atoms. The molecule has 2 N–H and O–H groups in total. The van der Waals surface area contributed by atoms with Crippen molar-refractivity contribution in [2.75, 3.05) is 0 Å². The predicted molar refractivity (Wildman–Crippen MR) is 127 cm³/mol. The van der Waals surface area contributed by atoms with Gasteiger partial charge in [-0.05, 0) is 64.4 Å². The number of allylic oxidation sites excluding steroid dienone is 1. The van der Waals surface area contributed by atoms with Crippen LogP contribution in [-0.2, 0) is 23.7 Å². The van der Waals surface area contributed by atoms with Gasteiger partial charge in [-0.2, -0.15) is 0 Å². The van der Waals surface area contributed by atoms with Crippen molar-refractivity contribution in [3.63, 3.8) is 0 Å². The molecule has 4 aliphatic carbocycles. The lowest BCUT2D eigenvalue weighted by Crippen LogP contribution is -2.79. The average molecular weight is 499 g/mol. The van der Waals surface area contributed by atoms with Gasteiger partial charge < -0.3 is 29.2 Å². The van der Waals surface area contributed by atoms with Crippen molar-refractivity contribution >= 4 is 5.78 Å². The van der Waals surface area contributed by atoms with E-state index in [-0.39, 0.29) is 48.6 Å². The molecule has 9 aliphatic rings. The van der Waals surface area contributed by atoms with Gasteiger partial charge in [-0.15, -0.1) is 0 Å². The lowest BCUT2D eigenvalue weighted by molar-refractivity contribution is -0.440. The number of ketones is 1. The molecule has 7 heteroatoms. The van der Waals surface area contributed by atoms with E-state index in [9.17, 15) is 15.0 Å². The highest BCUT2D eigenvalue weighted by Gasteiger charge is 2.86. The molecule has 3 saturated carbocycles. The summed E-state index contributed by atoms with van der Waals surface area (Å²) < 4.78 is 27.0. The first-order valence-corrected chi connectivity index (χ1v) is 13.9. The van der Waals surface area contributed by atoms with Crippen molar-refractivity contribution in [2.24, 2.45) is 28.6 Å². The summed E-state index contributed by atoms with van der Waals surface area (Å²) in [5.74, 6) is -0.139. The van der Waals surface area contributed by atoms with Gasteiger partial charge in [0.25, 0.3) is 0 Å². The monoisotopic (exact) mass is 498 g/mol. The number of rotatable bonds is 1. The van der Waals surface area contributed by atoms with Gasteiger partial charge in [0.05, 0.1) is 33.9 Å². The maximum absolute atomic E-state index is 13.5. The molecule has 0 aromatic rings. The number of carbonyl (C=O) groups excluding carboxylic acids is 1. The van der Waals surface area contributed by atoms with Gasteiger partial charge in [-0.1, -0.05) is 19.6 Å². The van der Waals surface area contributed by atoms with Crippen LogP contribution >= 0.6 is 0 Å². The third-order valence-corrected chi connectivity index (χ3v) is 13.0. The summed E-state index contributed by atoms with van der Waals surface area (Å²) in [4.78, 5) is 13.5. The summed E-state index contributed by atoms with van der Waals surface area (Å²) in [6.07, 6.45) is 7.13. The Bertz CT molecular complexity index is 1150. The number of fused-ring (bicyclic) bond motifs is 7. The topological polar surface area (TPSA) is 97.8 Å². The molecule has 36 heavy (non-hydrogen) atoms. The van der Waals surface area contributed by atoms with Crippen LogP contribution in [0.3, 0.4) is 0 Å². The number of hydrogen-bond donors (Lipinski definition) is 2.